The highest BCUT2D eigenvalue weighted by Crippen LogP contribution is 2.35. The van der Waals surface area contributed by atoms with Gasteiger partial charge in [-0.2, -0.15) is 4.98 Å². The van der Waals surface area contributed by atoms with Crippen molar-refractivity contribution in [2.75, 3.05) is 0 Å². The van der Waals surface area contributed by atoms with E-state index in [1.165, 1.54) is 6.07 Å². The second-order valence-electron chi connectivity index (χ2n) is 6.43. The largest absolute Gasteiger partial charge is 0.436 e. The average Bonchev–Trinajstić information content (AvgIpc) is 3.38. The van der Waals surface area contributed by atoms with Gasteiger partial charge >= 0.3 is 0 Å². The number of fused-ring (bicyclic) bond motifs is 2. The van der Waals surface area contributed by atoms with E-state index in [1.54, 1.807) is 24.3 Å². The van der Waals surface area contributed by atoms with Gasteiger partial charge in [0, 0.05) is 11.6 Å². The van der Waals surface area contributed by atoms with Gasteiger partial charge in [0.1, 0.15) is 5.76 Å². The lowest BCUT2D eigenvalue weighted by Gasteiger charge is -2.02. The van der Waals surface area contributed by atoms with E-state index in [-0.39, 0.29) is 22.9 Å². The third kappa shape index (κ3) is 2.45. The van der Waals surface area contributed by atoms with E-state index in [0.717, 1.165) is 6.08 Å². The van der Waals surface area contributed by atoms with Gasteiger partial charge in [-0.15, -0.1) is 0 Å². The zero-order chi connectivity index (χ0) is 21.2. The van der Waals surface area contributed by atoms with Crippen LogP contribution in [0.5, 0.6) is 0 Å². The summed E-state index contributed by atoms with van der Waals surface area (Å²) in [6, 6.07) is 10.2. The van der Waals surface area contributed by atoms with E-state index in [0.29, 0.717) is 5.56 Å². The van der Waals surface area contributed by atoms with Crippen LogP contribution < -0.4 is 0 Å². The first-order valence-corrected chi connectivity index (χ1v) is 8.49. The molecule has 1 aliphatic carbocycles. The van der Waals surface area contributed by atoms with Crippen LogP contribution in [0.1, 0.15) is 26.5 Å². The maximum absolute atomic E-state index is 14.0. The van der Waals surface area contributed by atoms with E-state index < -0.39 is 51.5 Å². The molecule has 0 amide bonds. The monoisotopic (exact) mass is 413 g/mol. The number of carbonyl (C=O) groups excluding carboxylic acids is 2. The molecule has 148 valence electrons. The van der Waals surface area contributed by atoms with Gasteiger partial charge in [0.25, 0.3) is 5.71 Å². The minimum atomic E-state index is -2.16. The number of oxazole rings is 1. The normalized spacial score (nSPS) is 13.4. The van der Waals surface area contributed by atoms with Crippen molar-refractivity contribution in [2.24, 2.45) is 0 Å². The molecule has 0 saturated carbocycles. The van der Waals surface area contributed by atoms with Crippen molar-refractivity contribution in [1.29, 1.82) is 0 Å². The molecular formula is C21H7F4NO4. The van der Waals surface area contributed by atoms with Crippen molar-refractivity contribution >= 4 is 28.9 Å². The lowest BCUT2D eigenvalue weighted by molar-refractivity contribution is 0.0988. The average molecular weight is 413 g/mol. The molecule has 1 aliphatic rings. The molecule has 0 unspecified atom stereocenters. The Kier molecular flexibility index (Phi) is 3.76. The van der Waals surface area contributed by atoms with Crippen LogP contribution in [0.3, 0.4) is 0 Å². The van der Waals surface area contributed by atoms with Crippen LogP contribution in [0.2, 0.25) is 0 Å². The zero-order valence-electron chi connectivity index (χ0n) is 14.6. The Hall–Kier alpha value is -4.01. The highest BCUT2D eigenvalue weighted by molar-refractivity contribution is 6.41. The minimum absolute atomic E-state index is 0.0607. The number of hydrogen-bond acceptors (Lipinski definition) is 5. The van der Waals surface area contributed by atoms with Crippen molar-refractivity contribution in [3.63, 3.8) is 0 Å². The fraction of sp³-hybridized carbons (Fsp3) is 0. The predicted molar refractivity (Wildman–Crippen MR) is 94.6 cm³/mol. The number of nitrogens with zero attached hydrogens (tertiary/aromatic N) is 1. The quantitative estimate of drug-likeness (QED) is 0.150. The summed E-state index contributed by atoms with van der Waals surface area (Å²) < 4.78 is 65.9. The van der Waals surface area contributed by atoms with Gasteiger partial charge in [-0.25, -0.2) is 17.6 Å². The van der Waals surface area contributed by atoms with Crippen LogP contribution in [-0.4, -0.2) is 16.6 Å². The lowest BCUT2D eigenvalue weighted by atomic mass is 10.1. The van der Waals surface area contributed by atoms with Crippen LogP contribution in [-0.2, 0) is 0 Å². The van der Waals surface area contributed by atoms with E-state index >= 15 is 0 Å². The molecule has 4 aromatic rings. The van der Waals surface area contributed by atoms with Gasteiger partial charge in [0.15, 0.2) is 28.9 Å². The number of hydrogen-bond donors (Lipinski definition) is 0. The number of aromatic nitrogens is 1. The smallest absolute Gasteiger partial charge is 0.266 e. The maximum atomic E-state index is 14.0. The third-order valence-electron chi connectivity index (χ3n) is 4.63. The topological polar surface area (TPSA) is 73.3 Å². The summed E-state index contributed by atoms with van der Waals surface area (Å²) in [5.41, 5.74) is -2.05. The Morgan fingerprint density at radius 3 is 1.97 bits per heavy atom. The molecule has 0 fully saturated rings. The van der Waals surface area contributed by atoms with Crippen LogP contribution in [0.15, 0.2) is 50.8 Å². The second-order valence-corrected chi connectivity index (χ2v) is 6.43. The number of halogens is 4. The fourth-order valence-corrected chi connectivity index (χ4v) is 3.23. The molecule has 0 aliphatic heterocycles. The molecule has 0 atom stereocenters. The van der Waals surface area contributed by atoms with Gasteiger partial charge in [-0.1, -0.05) is 18.2 Å². The van der Waals surface area contributed by atoms with Crippen LogP contribution in [0.4, 0.5) is 17.6 Å². The SMILES string of the molecule is O=C1C(=Cc2cc3oc(-c4ccccc4)nc3o2)C(=O)c2c(F)c(F)c(F)c(F)c21. The highest BCUT2D eigenvalue weighted by atomic mass is 19.2. The van der Waals surface area contributed by atoms with Gasteiger partial charge in [0.05, 0.1) is 16.7 Å². The number of allylic oxidation sites excluding steroid dienone is 1. The van der Waals surface area contributed by atoms with Crippen LogP contribution in [0, 0.1) is 23.3 Å². The molecular weight excluding hydrogens is 406 g/mol. The third-order valence-corrected chi connectivity index (χ3v) is 4.63. The van der Waals surface area contributed by atoms with Crippen molar-refractivity contribution in [1.82, 2.24) is 4.98 Å². The molecule has 2 heterocycles. The standard InChI is InChI=1S/C21H7F4NO4/c22-14-12-13(15(23)17(25)16(14)24)19(28)10(18(12)27)6-9-7-11-21(29-9)26-20(30-11)8-4-2-1-3-5-8/h1-7H. The Morgan fingerprint density at radius 2 is 1.40 bits per heavy atom. The van der Waals surface area contributed by atoms with E-state index in [9.17, 15) is 27.2 Å². The number of ketones is 2. The van der Waals surface area contributed by atoms with Crippen LogP contribution in [0.25, 0.3) is 28.8 Å². The number of carbonyl (C=O) groups is 2. The van der Waals surface area contributed by atoms with Gasteiger partial charge in [-0.05, 0) is 18.2 Å². The molecule has 5 rings (SSSR count). The summed E-state index contributed by atoms with van der Waals surface area (Å²) in [6.45, 7) is 0. The summed E-state index contributed by atoms with van der Waals surface area (Å²) in [5.74, 6) is -10.5. The number of rotatable bonds is 2. The molecule has 0 bridgehead atoms. The highest BCUT2D eigenvalue weighted by Gasteiger charge is 2.42. The molecule has 2 aromatic carbocycles. The molecule has 0 saturated heterocycles. The Bertz CT molecular complexity index is 1340. The van der Waals surface area contributed by atoms with Gasteiger partial charge < -0.3 is 8.83 Å². The van der Waals surface area contributed by atoms with Crippen molar-refractivity contribution < 1.29 is 36.0 Å². The zero-order valence-corrected chi connectivity index (χ0v) is 14.6. The summed E-state index contributed by atoms with van der Waals surface area (Å²) >= 11 is 0. The summed E-state index contributed by atoms with van der Waals surface area (Å²) in [7, 11) is 0. The first kappa shape index (κ1) is 18.0. The molecule has 9 heteroatoms. The number of benzene rings is 2. The van der Waals surface area contributed by atoms with Crippen molar-refractivity contribution in [3.05, 3.63) is 82.1 Å². The number of furan rings is 1. The molecule has 0 N–H and O–H groups in total. The van der Waals surface area contributed by atoms with Gasteiger partial charge in [-0.3, -0.25) is 9.59 Å². The lowest BCUT2D eigenvalue weighted by Crippen LogP contribution is -2.07. The maximum Gasteiger partial charge on any atom is 0.266 e. The minimum Gasteiger partial charge on any atom is -0.436 e. The summed E-state index contributed by atoms with van der Waals surface area (Å²) in [6.07, 6.45) is 0.915. The summed E-state index contributed by atoms with van der Waals surface area (Å²) in [4.78, 5) is 28.9. The second kappa shape index (κ2) is 6.24. The summed E-state index contributed by atoms with van der Waals surface area (Å²) in [5, 5.41) is 0. The Labute approximate surface area is 164 Å². The molecule has 5 nitrogen and oxygen atoms in total. The van der Waals surface area contributed by atoms with Crippen molar-refractivity contribution in [2.45, 2.75) is 0 Å². The first-order chi connectivity index (χ1) is 14.4. The van der Waals surface area contributed by atoms with E-state index in [1.807, 2.05) is 6.07 Å². The first-order valence-electron chi connectivity index (χ1n) is 8.49. The molecule has 2 aromatic heterocycles. The molecule has 30 heavy (non-hydrogen) atoms. The molecule has 0 spiro atoms. The van der Waals surface area contributed by atoms with E-state index in [4.69, 9.17) is 8.83 Å². The fourth-order valence-electron chi connectivity index (χ4n) is 3.23. The molecule has 0 radical (unpaired) electrons. The predicted octanol–water partition coefficient (Wildman–Crippen LogP) is 5.11. The van der Waals surface area contributed by atoms with Crippen LogP contribution >= 0.6 is 0 Å². The van der Waals surface area contributed by atoms with E-state index in [2.05, 4.69) is 4.98 Å². The Balaban J connectivity index is 1.57. The number of Topliss-reactive ketones (excluding diaryl/α,β-unsaturated/α-hetero) is 2. The Morgan fingerprint density at radius 1 is 0.800 bits per heavy atom. The van der Waals surface area contributed by atoms with Gasteiger partial charge in [0.2, 0.25) is 17.5 Å². The van der Waals surface area contributed by atoms with Crippen molar-refractivity contribution in [3.8, 4) is 11.5 Å².